The molecule has 55 heavy (non-hydrogen) atoms. The number of aromatic nitrogens is 3. The fraction of sp³-hybridized carbons (Fsp3) is 0.415. The normalized spacial score (nSPS) is 14.6. The van der Waals surface area contributed by atoms with Crippen LogP contribution in [0.15, 0.2) is 73.4 Å². The van der Waals surface area contributed by atoms with Crippen LogP contribution >= 0.6 is 0 Å². The van der Waals surface area contributed by atoms with Gasteiger partial charge in [0.25, 0.3) is 5.91 Å². The SMILES string of the molecule is C=CC(=O)Nc1cccc(C(=O)Nc2cccc(CN(C(=O)OC(C)(C)C)c3cc(OC4CCCN(C(=O)OC(C)(C)C)C4)nc4c(C(C)C)cnn34)c2)c1. The fourth-order valence-electron chi connectivity index (χ4n) is 5.92. The Hall–Kier alpha value is -5.92. The number of likely N-dealkylation sites (tertiary alicyclic amines) is 1. The number of ether oxygens (including phenoxy) is 3. The summed E-state index contributed by atoms with van der Waals surface area (Å²) in [5, 5.41) is 10.2. The third kappa shape index (κ3) is 10.8. The number of fused-ring (bicyclic) bond motifs is 1. The largest absolute Gasteiger partial charge is 0.472 e. The van der Waals surface area contributed by atoms with E-state index >= 15 is 0 Å². The van der Waals surface area contributed by atoms with E-state index in [1.807, 2.05) is 40.7 Å². The Morgan fingerprint density at radius 1 is 0.964 bits per heavy atom. The number of anilines is 3. The van der Waals surface area contributed by atoms with Gasteiger partial charge in [-0.25, -0.2) is 9.59 Å². The number of hydrogen-bond donors (Lipinski definition) is 2. The van der Waals surface area contributed by atoms with Crippen LogP contribution in [0.3, 0.4) is 0 Å². The molecule has 292 valence electrons. The molecule has 0 saturated carbocycles. The summed E-state index contributed by atoms with van der Waals surface area (Å²) < 4.78 is 19.6. The molecule has 0 bridgehead atoms. The topological polar surface area (TPSA) is 157 Å². The Bertz CT molecular complexity index is 2060. The highest BCUT2D eigenvalue weighted by molar-refractivity contribution is 6.06. The second-order valence-corrected chi connectivity index (χ2v) is 15.7. The first-order valence-electron chi connectivity index (χ1n) is 18.4. The van der Waals surface area contributed by atoms with Crippen LogP contribution in [0.4, 0.5) is 26.8 Å². The molecular formula is C41H51N7O7. The lowest BCUT2D eigenvalue weighted by Crippen LogP contribution is -2.46. The van der Waals surface area contributed by atoms with Crippen LogP contribution in [0.1, 0.15) is 95.6 Å². The third-order valence-electron chi connectivity index (χ3n) is 8.39. The van der Waals surface area contributed by atoms with Crippen molar-refractivity contribution in [3.8, 4) is 5.88 Å². The molecule has 0 radical (unpaired) electrons. The number of carbonyl (C=O) groups is 4. The highest BCUT2D eigenvalue weighted by atomic mass is 16.6. The number of hydrogen-bond acceptors (Lipinski definition) is 9. The van der Waals surface area contributed by atoms with Crippen LogP contribution in [-0.2, 0) is 20.8 Å². The Labute approximate surface area is 321 Å². The summed E-state index contributed by atoms with van der Waals surface area (Å²) in [7, 11) is 0. The second-order valence-electron chi connectivity index (χ2n) is 15.7. The molecule has 0 aliphatic carbocycles. The van der Waals surface area contributed by atoms with Crippen molar-refractivity contribution in [3.05, 3.63) is 90.1 Å². The van der Waals surface area contributed by atoms with E-state index in [1.165, 1.54) is 4.90 Å². The molecule has 1 fully saturated rings. The zero-order valence-corrected chi connectivity index (χ0v) is 32.8. The first kappa shape index (κ1) is 40.3. The van der Waals surface area contributed by atoms with Crippen molar-refractivity contribution in [2.75, 3.05) is 28.6 Å². The van der Waals surface area contributed by atoms with Gasteiger partial charge in [0.05, 0.1) is 19.3 Å². The van der Waals surface area contributed by atoms with Gasteiger partial charge in [-0.15, -0.1) is 0 Å². The molecule has 1 atom stereocenters. The molecule has 1 unspecified atom stereocenters. The predicted molar refractivity (Wildman–Crippen MR) is 211 cm³/mol. The highest BCUT2D eigenvalue weighted by Crippen LogP contribution is 2.31. The highest BCUT2D eigenvalue weighted by Gasteiger charge is 2.31. The summed E-state index contributed by atoms with van der Waals surface area (Å²) in [6.45, 7) is 19.3. The maximum absolute atomic E-state index is 14.1. The Kier molecular flexibility index (Phi) is 12.2. The minimum Gasteiger partial charge on any atom is -0.472 e. The number of rotatable bonds is 10. The molecule has 4 aromatic rings. The number of benzene rings is 2. The van der Waals surface area contributed by atoms with Gasteiger partial charge in [0.2, 0.25) is 11.8 Å². The summed E-state index contributed by atoms with van der Waals surface area (Å²) in [4.78, 5) is 60.0. The second kappa shape index (κ2) is 16.6. The van der Waals surface area contributed by atoms with Crippen LogP contribution in [0.25, 0.3) is 5.65 Å². The standard InChI is InChI=1S/C41H51N7O7/c1-10-33(49)43-30-17-12-15-28(21-30)37(50)44-29-16-11-14-27(20-29)24-47(39(52)55-41(7,8)9)35-22-34(45-36-32(26(2)3)23-42-48(35)36)53-31-18-13-19-46(25-31)38(51)54-40(4,5)6/h10-12,14-17,20-23,26,31H,1,13,18-19,24-25H2,2-9H3,(H,43,49)(H,44,50). The zero-order chi connectivity index (χ0) is 40.1. The number of nitrogens with zero attached hydrogens (tertiary/aromatic N) is 5. The van der Waals surface area contributed by atoms with E-state index in [-0.39, 0.29) is 36.3 Å². The number of nitrogens with one attached hydrogen (secondary N) is 2. The van der Waals surface area contributed by atoms with Gasteiger partial charge in [0.1, 0.15) is 23.1 Å². The van der Waals surface area contributed by atoms with Gasteiger partial charge in [-0.05, 0) is 102 Å². The van der Waals surface area contributed by atoms with Gasteiger partial charge >= 0.3 is 12.2 Å². The first-order chi connectivity index (χ1) is 25.9. The van der Waals surface area contributed by atoms with Crippen LogP contribution in [0.5, 0.6) is 5.88 Å². The van der Waals surface area contributed by atoms with E-state index in [9.17, 15) is 19.2 Å². The average Bonchev–Trinajstić information content (AvgIpc) is 3.54. The minimum atomic E-state index is -0.823. The molecule has 14 heteroatoms. The van der Waals surface area contributed by atoms with Gasteiger partial charge in [-0.2, -0.15) is 14.6 Å². The molecule has 2 aromatic heterocycles. The van der Waals surface area contributed by atoms with Crippen LogP contribution < -0.4 is 20.3 Å². The average molecular weight is 754 g/mol. The molecule has 2 N–H and O–H groups in total. The monoisotopic (exact) mass is 753 g/mol. The van der Waals surface area contributed by atoms with Crippen molar-refractivity contribution in [1.82, 2.24) is 19.5 Å². The predicted octanol–water partition coefficient (Wildman–Crippen LogP) is 7.95. The smallest absolute Gasteiger partial charge is 0.416 e. The molecule has 1 aliphatic rings. The van der Waals surface area contributed by atoms with E-state index in [2.05, 4.69) is 22.3 Å². The van der Waals surface area contributed by atoms with Gasteiger partial charge in [-0.1, -0.05) is 38.6 Å². The number of carbonyl (C=O) groups excluding carboxylic acids is 4. The van der Waals surface area contributed by atoms with Crippen molar-refractivity contribution in [1.29, 1.82) is 0 Å². The van der Waals surface area contributed by atoms with E-state index in [4.69, 9.17) is 19.2 Å². The zero-order valence-electron chi connectivity index (χ0n) is 32.8. The number of amides is 4. The summed E-state index contributed by atoms with van der Waals surface area (Å²) in [6.07, 6.45) is 2.89. The molecule has 2 aromatic carbocycles. The maximum Gasteiger partial charge on any atom is 0.416 e. The van der Waals surface area contributed by atoms with Crippen LogP contribution in [0, 0.1) is 0 Å². The van der Waals surface area contributed by atoms with E-state index in [0.717, 1.165) is 18.1 Å². The van der Waals surface area contributed by atoms with Gasteiger partial charge in [-0.3, -0.25) is 14.5 Å². The number of piperidine rings is 1. The van der Waals surface area contributed by atoms with Crippen molar-refractivity contribution < 1.29 is 33.4 Å². The van der Waals surface area contributed by atoms with Crippen LogP contribution in [0.2, 0.25) is 0 Å². The molecule has 0 spiro atoms. The Morgan fingerprint density at radius 2 is 1.65 bits per heavy atom. The summed E-state index contributed by atoms with van der Waals surface area (Å²) >= 11 is 0. The van der Waals surface area contributed by atoms with Crippen molar-refractivity contribution in [3.63, 3.8) is 0 Å². The molecule has 5 rings (SSSR count). The van der Waals surface area contributed by atoms with Crippen molar-refractivity contribution >= 4 is 46.8 Å². The summed E-state index contributed by atoms with van der Waals surface area (Å²) in [6, 6.07) is 15.3. The van der Waals surface area contributed by atoms with Gasteiger partial charge < -0.3 is 29.7 Å². The van der Waals surface area contributed by atoms with Crippen LogP contribution in [-0.4, -0.2) is 73.9 Å². The lowest BCUT2D eigenvalue weighted by Gasteiger charge is -2.34. The molecular weight excluding hydrogens is 702 g/mol. The molecule has 3 heterocycles. The quantitative estimate of drug-likeness (QED) is 0.153. The fourth-order valence-corrected chi connectivity index (χ4v) is 5.92. The van der Waals surface area contributed by atoms with Gasteiger partial charge in [0, 0.05) is 35.1 Å². The van der Waals surface area contributed by atoms with Gasteiger partial charge in [0.15, 0.2) is 5.65 Å². The summed E-state index contributed by atoms with van der Waals surface area (Å²) in [5.41, 5.74) is 1.88. The molecule has 4 amide bonds. The minimum absolute atomic E-state index is 0.0347. The van der Waals surface area contributed by atoms with E-state index in [0.29, 0.717) is 53.5 Å². The summed E-state index contributed by atoms with van der Waals surface area (Å²) in [5.74, 6) is -0.103. The molecule has 1 saturated heterocycles. The molecule has 14 nitrogen and oxygen atoms in total. The van der Waals surface area contributed by atoms with Crippen molar-refractivity contribution in [2.45, 2.75) is 98.0 Å². The first-order valence-corrected chi connectivity index (χ1v) is 18.4. The Morgan fingerprint density at radius 3 is 2.33 bits per heavy atom. The van der Waals surface area contributed by atoms with Crippen molar-refractivity contribution in [2.24, 2.45) is 0 Å². The van der Waals surface area contributed by atoms with E-state index in [1.54, 1.807) is 84.9 Å². The van der Waals surface area contributed by atoms with E-state index < -0.39 is 23.4 Å². The third-order valence-corrected chi connectivity index (χ3v) is 8.39. The maximum atomic E-state index is 14.1. The molecule has 1 aliphatic heterocycles. The lowest BCUT2D eigenvalue weighted by molar-refractivity contribution is -0.111. The Balaban J connectivity index is 1.47. The lowest BCUT2D eigenvalue weighted by atomic mass is 10.1.